The number of nitrogens with one attached hydrogen (secondary N) is 1. The normalized spacial score (nSPS) is 13.8. The summed E-state index contributed by atoms with van der Waals surface area (Å²) in [7, 11) is 0. The fourth-order valence-corrected chi connectivity index (χ4v) is 3.20. The van der Waals surface area contributed by atoms with E-state index in [0.29, 0.717) is 36.5 Å². The van der Waals surface area contributed by atoms with Crippen molar-refractivity contribution in [3.63, 3.8) is 0 Å². The van der Waals surface area contributed by atoms with Crippen molar-refractivity contribution in [1.29, 1.82) is 0 Å². The summed E-state index contributed by atoms with van der Waals surface area (Å²) in [5, 5.41) is 6.74. The zero-order chi connectivity index (χ0) is 20.4. The molecule has 8 heteroatoms. The topological polar surface area (TPSA) is 88.3 Å². The first-order valence-corrected chi connectivity index (χ1v) is 9.20. The first kappa shape index (κ1) is 18.8. The van der Waals surface area contributed by atoms with Crippen molar-refractivity contribution < 1.29 is 18.5 Å². The second kappa shape index (κ2) is 7.83. The van der Waals surface area contributed by atoms with Gasteiger partial charge in [-0.3, -0.25) is 14.6 Å². The Morgan fingerprint density at radius 2 is 2.00 bits per heavy atom. The van der Waals surface area contributed by atoms with Crippen molar-refractivity contribution in [3.05, 3.63) is 71.5 Å². The van der Waals surface area contributed by atoms with Crippen LogP contribution in [0.2, 0.25) is 0 Å². The van der Waals surface area contributed by atoms with Crippen LogP contribution in [0.4, 0.5) is 4.39 Å². The molecule has 1 N–H and O–H groups in total. The molecular weight excluding hydrogens is 375 g/mol. The molecule has 1 aliphatic heterocycles. The molecule has 2 aromatic heterocycles. The molecule has 4 rings (SSSR count). The molecule has 1 aromatic carbocycles. The van der Waals surface area contributed by atoms with Gasteiger partial charge in [-0.1, -0.05) is 11.2 Å². The van der Waals surface area contributed by atoms with E-state index in [-0.39, 0.29) is 23.5 Å². The van der Waals surface area contributed by atoms with Gasteiger partial charge in [0, 0.05) is 24.8 Å². The molecule has 148 valence electrons. The lowest BCUT2D eigenvalue weighted by atomic mass is 9.97. The summed E-state index contributed by atoms with van der Waals surface area (Å²) in [5.74, 6) is -1.02. The van der Waals surface area contributed by atoms with Crippen molar-refractivity contribution in [2.75, 3.05) is 13.1 Å². The molecule has 3 heterocycles. The third-order valence-corrected chi connectivity index (χ3v) is 5.01. The third kappa shape index (κ3) is 3.87. The molecule has 3 aromatic rings. The predicted octanol–water partition coefficient (Wildman–Crippen LogP) is 2.57. The van der Waals surface area contributed by atoms with Gasteiger partial charge in [-0.05, 0) is 42.8 Å². The van der Waals surface area contributed by atoms with Gasteiger partial charge in [-0.25, -0.2) is 4.39 Å². The Morgan fingerprint density at radius 3 is 2.72 bits per heavy atom. The average molecular weight is 394 g/mol. The van der Waals surface area contributed by atoms with Crippen LogP contribution in [0.5, 0.6) is 0 Å². The van der Waals surface area contributed by atoms with E-state index in [1.807, 2.05) is 19.1 Å². The van der Waals surface area contributed by atoms with Gasteiger partial charge in [0.15, 0.2) is 0 Å². The highest BCUT2D eigenvalue weighted by atomic mass is 19.1. The van der Waals surface area contributed by atoms with Crippen molar-refractivity contribution >= 4 is 11.8 Å². The van der Waals surface area contributed by atoms with Crippen LogP contribution < -0.4 is 5.32 Å². The lowest BCUT2D eigenvalue weighted by Crippen LogP contribution is -2.55. The number of likely N-dealkylation sites (tertiary alicyclic amines) is 1. The van der Waals surface area contributed by atoms with E-state index < -0.39 is 0 Å². The number of rotatable bonds is 5. The number of hydrogen-bond acceptors (Lipinski definition) is 5. The molecule has 0 spiro atoms. The number of aryl methyl sites for hydroxylation is 1. The first-order chi connectivity index (χ1) is 14.0. The summed E-state index contributed by atoms with van der Waals surface area (Å²) in [6.45, 7) is 2.94. The van der Waals surface area contributed by atoms with Crippen molar-refractivity contribution in [1.82, 2.24) is 20.4 Å². The van der Waals surface area contributed by atoms with Gasteiger partial charge in [0.05, 0.1) is 18.2 Å². The SMILES string of the molecule is Cc1cccnc1CNC(=O)C1CN(C(=O)c2conc2-c2ccc(F)cc2)C1. The zero-order valence-electron chi connectivity index (χ0n) is 15.8. The molecule has 0 radical (unpaired) electrons. The lowest BCUT2D eigenvalue weighted by molar-refractivity contribution is -0.129. The van der Waals surface area contributed by atoms with Gasteiger partial charge in [-0.15, -0.1) is 0 Å². The minimum Gasteiger partial charge on any atom is -0.363 e. The number of carbonyl (C=O) groups is 2. The summed E-state index contributed by atoms with van der Waals surface area (Å²) in [6.07, 6.45) is 2.97. The van der Waals surface area contributed by atoms with Gasteiger partial charge < -0.3 is 14.7 Å². The van der Waals surface area contributed by atoms with Crippen LogP contribution >= 0.6 is 0 Å². The van der Waals surface area contributed by atoms with Crippen LogP contribution in [0.1, 0.15) is 21.6 Å². The highest BCUT2D eigenvalue weighted by Crippen LogP contribution is 2.26. The Kier molecular flexibility index (Phi) is 5.07. The Bertz CT molecular complexity index is 1040. The molecule has 1 fully saturated rings. The third-order valence-electron chi connectivity index (χ3n) is 5.01. The van der Waals surface area contributed by atoms with Gasteiger partial charge in [0.1, 0.15) is 23.3 Å². The van der Waals surface area contributed by atoms with Crippen molar-refractivity contribution in [2.45, 2.75) is 13.5 Å². The van der Waals surface area contributed by atoms with Crippen LogP contribution in [0.15, 0.2) is 53.4 Å². The average Bonchev–Trinajstić information content (AvgIpc) is 3.16. The van der Waals surface area contributed by atoms with Crippen LogP contribution in [-0.2, 0) is 11.3 Å². The van der Waals surface area contributed by atoms with E-state index in [2.05, 4.69) is 15.5 Å². The van der Waals surface area contributed by atoms with Crippen molar-refractivity contribution in [2.24, 2.45) is 5.92 Å². The van der Waals surface area contributed by atoms with E-state index in [4.69, 9.17) is 4.52 Å². The molecule has 1 saturated heterocycles. The highest BCUT2D eigenvalue weighted by molar-refractivity contribution is 6.00. The highest BCUT2D eigenvalue weighted by Gasteiger charge is 2.37. The number of halogens is 1. The van der Waals surface area contributed by atoms with E-state index in [1.54, 1.807) is 11.1 Å². The monoisotopic (exact) mass is 394 g/mol. The molecule has 1 aliphatic rings. The smallest absolute Gasteiger partial charge is 0.259 e. The number of nitrogens with zero attached hydrogens (tertiary/aromatic N) is 3. The van der Waals surface area contributed by atoms with E-state index in [1.165, 1.54) is 30.5 Å². The second-order valence-electron chi connectivity index (χ2n) is 6.98. The van der Waals surface area contributed by atoms with Gasteiger partial charge in [0.25, 0.3) is 5.91 Å². The Balaban J connectivity index is 1.35. The molecule has 7 nitrogen and oxygen atoms in total. The molecule has 0 aliphatic carbocycles. The van der Waals surface area contributed by atoms with Crippen LogP contribution in [0, 0.1) is 18.7 Å². The van der Waals surface area contributed by atoms with Gasteiger partial charge >= 0.3 is 0 Å². The Labute approximate surface area is 166 Å². The van der Waals surface area contributed by atoms with E-state index >= 15 is 0 Å². The number of benzene rings is 1. The minimum atomic E-state index is -0.373. The van der Waals surface area contributed by atoms with E-state index in [9.17, 15) is 14.0 Å². The fraction of sp³-hybridized carbons (Fsp3) is 0.238. The molecule has 0 bridgehead atoms. The number of amides is 2. The maximum Gasteiger partial charge on any atom is 0.259 e. The Morgan fingerprint density at radius 1 is 1.24 bits per heavy atom. The summed E-state index contributed by atoms with van der Waals surface area (Å²) < 4.78 is 18.1. The summed E-state index contributed by atoms with van der Waals surface area (Å²) in [6, 6.07) is 9.46. The van der Waals surface area contributed by atoms with Gasteiger partial charge in [0.2, 0.25) is 5.91 Å². The lowest BCUT2D eigenvalue weighted by Gasteiger charge is -2.38. The van der Waals surface area contributed by atoms with Crippen LogP contribution in [0.3, 0.4) is 0 Å². The number of aromatic nitrogens is 2. The summed E-state index contributed by atoms with van der Waals surface area (Å²) in [5.41, 5.74) is 3.07. The quantitative estimate of drug-likeness (QED) is 0.719. The fourth-order valence-electron chi connectivity index (χ4n) is 3.20. The molecular formula is C21H19FN4O3. The molecule has 0 atom stereocenters. The van der Waals surface area contributed by atoms with Crippen LogP contribution in [-0.4, -0.2) is 39.9 Å². The van der Waals surface area contributed by atoms with Crippen LogP contribution in [0.25, 0.3) is 11.3 Å². The summed E-state index contributed by atoms with van der Waals surface area (Å²) >= 11 is 0. The molecule has 29 heavy (non-hydrogen) atoms. The second-order valence-corrected chi connectivity index (χ2v) is 6.98. The minimum absolute atomic E-state index is 0.108. The Hall–Kier alpha value is -3.55. The standard InChI is InChI=1S/C21H19FN4O3/c1-13-3-2-8-23-18(13)9-24-20(27)15-10-26(11-15)21(28)17-12-29-25-19(17)14-4-6-16(22)7-5-14/h2-8,12,15H,9-11H2,1H3,(H,24,27). The molecule has 0 saturated carbocycles. The maximum absolute atomic E-state index is 13.1. The first-order valence-electron chi connectivity index (χ1n) is 9.20. The molecule has 0 unspecified atom stereocenters. The maximum atomic E-state index is 13.1. The largest absolute Gasteiger partial charge is 0.363 e. The number of carbonyl (C=O) groups excluding carboxylic acids is 2. The summed E-state index contributed by atoms with van der Waals surface area (Å²) in [4.78, 5) is 30.9. The molecule has 2 amide bonds. The van der Waals surface area contributed by atoms with Gasteiger partial charge in [-0.2, -0.15) is 0 Å². The zero-order valence-corrected chi connectivity index (χ0v) is 15.8. The van der Waals surface area contributed by atoms with E-state index in [0.717, 1.165) is 11.3 Å². The number of hydrogen-bond donors (Lipinski definition) is 1. The van der Waals surface area contributed by atoms with Crippen molar-refractivity contribution in [3.8, 4) is 11.3 Å². The predicted molar refractivity (Wildman–Crippen MR) is 102 cm³/mol. The number of pyridine rings is 1.